The van der Waals surface area contributed by atoms with Gasteiger partial charge in [0, 0.05) is 32.4 Å². The van der Waals surface area contributed by atoms with Gasteiger partial charge in [0.2, 0.25) is 0 Å². The van der Waals surface area contributed by atoms with Crippen LogP contribution >= 0.6 is 11.6 Å². The van der Waals surface area contributed by atoms with Crippen LogP contribution in [0.4, 0.5) is 5.69 Å². The fourth-order valence-corrected chi connectivity index (χ4v) is 4.02. The van der Waals surface area contributed by atoms with Crippen molar-refractivity contribution in [3.8, 4) is 5.75 Å². The first-order valence-corrected chi connectivity index (χ1v) is 10.2. The number of aromatic amines is 1. The second-order valence-electron chi connectivity index (χ2n) is 7.24. The van der Waals surface area contributed by atoms with Crippen LogP contribution < -0.4 is 5.73 Å². The molecule has 0 bridgehead atoms. The number of hydrogen-bond donors (Lipinski definition) is 4. The van der Waals surface area contributed by atoms with Gasteiger partial charge in [-0.1, -0.05) is 42.8 Å². The zero-order chi connectivity index (χ0) is 22.1. The first-order chi connectivity index (χ1) is 14.9. The van der Waals surface area contributed by atoms with Gasteiger partial charge in [0.25, 0.3) is 0 Å². The van der Waals surface area contributed by atoms with Crippen molar-refractivity contribution in [2.75, 3.05) is 5.73 Å². The Bertz CT molecular complexity index is 1440. The lowest BCUT2D eigenvalue weighted by Gasteiger charge is -2.05. The molecule has 6 heteroatoms. The minimum absolute atomic E-state index is 0.275. The van der Waals surface area contributed by atoms with Gasteiger partial charge in [-0.05, 0) is 59.8 Å². The molecule has 0 aliphatic heterocycles. The number of hydrogen-bond acceptors (Lipinski definition) is 3. The second kappa shape index (κ2) is 8.20. The van der Waals surface area contributed by atoms with E-state index >= 15 is 0 Å². The maximum absolute atomic E-state index is 10.7. The van der Waals surface area contributed by atoms with E-state index < -0.39 is 5.97 Å². The van der Waals surface area contributed by atoms with E-state index in [1.54, 1.807) is 30.3 Å². The fraction of sp³-hybridized carbons (Fsp3) is 0.0800. The lowest BCUT2D eigenvalue weighted by molar-refractivity contribution is 0.0696. The van der Waals surface area contributed by atoms with Crippen LogP contribution in [0.25, 0.3) is 32.6 Å². The summed E-state index contributed by atoms with van der Waals surface area (Å²) in [6.45, 7) is 1.89. The maximum Gasteiger partial charge on any atom is 0.336 e. The zero-order valence-electron chi connectivity index (χ0n) is 16.8. The number of carbonyl (C=O) groups is 1. The minimum Gasteiger partial charge on any atom is -0.508 e. The molecular formula is C25H21ClN2O3. The highest BCUT2D eigenvalue weighted by atomic mass is 35.5. The van der Waals surface area contributed by atoms with Gasteiger partial charge in [-0.25, -0.2) is 4.79 Å². The lowest BCUT2D eigenvalue weighted by Crippen LogP contribution is -2.04. The third-order valence-corrected chi connectivity index (χ3v) is 5.57. The number of nitrogen functional groups attached to an aromatic ring is 1. The number of H-pyrrole nitrogens is 1. The highest BCUT2D eigenvalue weighted by Crippen LogP contribution is 2.33. The van der Waals surface area contributed by atoms with Crippen molar-refractivity contribution in [2.45, 2.75) is 13.3 Å². The molecule has 0 spiro atoms. The Labute approximate surface area is 183 Å². The van der Waals surface area contributed by atoms with Gasteiger partial charge < -0.3 is 20.9 Å². The van der Waals surface area contributed by atoms with E-state index in [2.05, 4.69) is 17.1 Å². The van der Waals surface area contributed by atoms with E-state index in [4.69, 9.17) is 22.4 Å². The van der Waals surface area contributed by atoms with Crippen LogP contribution in [-0.4, -0.2) is 21.2 Å². The van der Waals surface area contributed by atoms with Gasteiger partial charge in [0.15, 0.2) is 0 Å². The van der Waals surface area contributed by atoms with E-state index in [-0.39, 0.29) is 5.75 Å². The number of carboxylic acid groups (broad SMARTS) is 1. The zero-order valence-corrected chi connectivity index (χ0v) is 17.6. The Morgan fingerprint density at radius 1 is 1.00 bits per heavy atom. The summed E-state index contributed by atoms with van der Waals surface area (Å²) < 4.78 is 0. The van der Waals surface area contributed by atoms with E-state index in [9.17, 15) is 9.90 Å². The highest BCUT2D eigenvalue weighted by Gasteiger charge is 2.10. The number of nitrogens with one attached hydrogen (secondary N) is 1. The quantitative estimate of drug-likeness (QED) is 0.244. The number of nitrogens with two attached hydrogens (primary N) is 1. The predicted octanol–water partition coefficient (Wildman–Crippen LogP) is 6.36. The van der Waals surface area contributed by atoms with Crippen LogP contribution in [0.1, 0.15) is 22.8 Å². The molecule has 156 valence electrons. The van der Waals surface area contributed by atoms with Crippen LogP contribution in [0.3, 0.4) is 0 Å². The van der Waals surface area contributed by atoms with Crippen molar-refractivity contribution >= 4 is 55.8 Å². The first kappa shape index (κ1) is 20.6. The molecule has 1 aromatic heterocycles. The van der Waals surface area contributed by atoms with Crippen LogP contribution in [0, 0.1) is 0 Å². The SMILES string of the molecule is CCc1c(N)cccc1C(=O)O.Oc1ccc2ccc3c4cc(Cl)ccc4[nH]c3c2c1. The van der Waals surface area contributed by atoms with Crippen molar-refractivity contribution in [3.63, 3.8) is 0 Å². The van der Waals surface area contributed by atoms with Crippen LogP contribution in [0.15, 0.2) is 66.7 Å². The molecule has 5 aromatic rings. The normalized spacial score (nSPS) is 10.9. The summed E-state index contributed by atoms with van der Waals surface area (Å²) in [7, 11) is 0. The molecule has 5 rings (SSSR count). The summed E-state index contributed by atoms with van der Waals surface area (Å²) in [5.41, 5.74) is 9.26. The number of aromatic carboxylic acids is 1. The van der Waals surface area contributed by atoms with Crippen molar-refractivity contribution in [3.05, 3.63) is 82.9 Å². The molecule has 0 amide bonds. The van der Waals surface area contributed by atoms with Crippen molar-refractivity contribution in [2.24, 2.45) is 0 Å². The third kappa shape index (κ3) is 3.88. The van der Waals surface area contributed by atoms with Crippen LogP contribution in [-0.2, 0) is 6.42 Å². The molecule has 0 aliphatic carbocycles. The Morgan fingerprint density at radius 3 is 2.48 bits per heavy atom. The molecule has 4 aromatic carbocycles. The molecule has 31 heavy (non-hydrogen) atoms. The van der Waals surface area contributed by atoms with Crippen LogP contribution in [0.5, 0.6) is 5.75 Å². The van der Waals surface area contributed by atoms with E-state index in [0.29, 0.717) is 23.2 Å². The van der Waals surface area contributed by atoms with E-state index in [1.807, 2.05) is 31.2 Å². The number of anilines is 1. The number of benzene rings is 4. The van der Waals surface area contributed by atoms with Crippen molar-refractivity contribution in [1.82, 2.24) is 4.98 Å². The summed E-state index contributed by atoms with van der Waals surface area (Å²) in [4.78, 5) is 14.1. The number of aromatic hydroxyl groups is 1. The van der Waals surface area contributed by atoms with Gasteiger partial charge in [-0.2, -0.15) is 0 Å². The number of carboxylic acids is 1. The maximum atomic E-state index is 10.7. The molecule has 5 nitrogen and oxygen atoms in total. The summed E-state index contributed by atoms with van der Waals surface area (Å²) >= 11 is 6.07. The number of phenols is 1. The monoisotopic (exact) mass is 432 g/mol. The van der Waals surface area contributed by atoms with Gasteiger partial charge in [0.05, 0.1) is 11.1 Å². The third-order valence-electron chi connectivity index (χ3n) is 5.33. The molecule has 0 atom stereocenters. The smallest absolute Gasteiger partial charge is 0.336 e. The number of fused-ring (bicyclic) bond motifs is 5. The largest absolute Gasteiger partial charge is 0.508 e. The molecule has 5 N–H and O–H groups in total. The fourth-order valence-electron chi connectivity index (χ4n) is 3.85. The van der Waals surface area contributed by atoms with Crippen LogP contribution in [0.2, 0.25) is 5.02 Å². The molecule has 0 radical (unpaired) electrons. The molecule has 1 heterocycles. The van der Waals surface area contributed by atoms with Gasteiger partial charge in [0.1, 0.15) is 5.75 Å². The van der Waals surface area contributed by atoms with E-state index in [1.165, 1.54) is 0 Å². The minimum atomic E-state index is -0.917. The van der Waals surface area contributed by atoms with Gasteiger partial charge in [-0.3, -0.25) is 0 Å². The van der Waals surface area contributed by atoms with Crippen molar-refractivity contribution < 1.29 is 15.0 Å². The second-order valence-corrected chi connectivity index (χ2v) is 7.68. The summed E-state index contributed by atoms with van der Waals surface area (Å²) in [5.74, 6) is -0.643. The predicted molar refractivity (Wildman–Crippen MR) is 127 cm³/mol. The summed E-state index contributed by atoms with van der Waals surface area (Å²) in [6, 6.07) is 20.3. The topological polar surface area (TPSA) is 99.3 Å². The van der Waals surface area contributed by atoms with Gasteiger partial charge >= 0.3 is 5.97 Å². The Hall–Kier alpha value is -3.70. The number of rotatable bonds is 2. The Balaban J connectivity index is 0.000000168. The highest BCUT2D eigenvalue weighted by molar-refractivity contribution is 6.32. The van der Waals surface area contributed by atoms with Crippen molar-refractivity contribution in [1.29, 1.82) is 0 Å². The Kier molecular flexibility index (Phi) is 5.44. The molecule has 0 unspecified atom stereocenters. The number of aromatic nitrogens is 1. The first-order valence-electron chi connectivity index (χ1n) is 9.82. The lowest BCUT2D eigenvalue weighted by atomic mass is 10.0. The molecular weight excluding hydrogens is 412 g/mol. The van der Waals surface area contributed by atoms with E-state index in [0.717, 1.165) is 37.6 Å². The standard InChI is InChI=1S/C16H10ClNO.C9H11NO2/c17-10-3-6-15-14(7-10)12-5-2-9-1-4-11(19)8-13(9)16(12)18-15;1-2-6-7(9(11)12)4-3-5-8(6)10/h1-8,18-19H;3-5H,2,10H2,1H3,(H,11,12). The average molecular weight is 433 g/mol. The number of halogens is 1. The molecule has 0 saturated heterocycles. The molecule has 0 fully saturated rings. The molecule has 0 saturated carbocycles. The number of phenolic OH excluding ortho intramolecular Hbond substituents is 1. The molecule has 0 aliphatic rings. The summed E-state index contributed by atoms with van der Waals surface area (Å²) in [6.07, 6.45) is 0.647. The summed E-state index contributed by atoms with van der Waals surface area (Å²) in [5, 5.41) is 23.5. The Morgan fingerprint density at radius 2 is 1.77 bits per heavy atom. The van der Waals surface area contributed by atoms with Gasteiger partial charge in [-0.15, -0.1) is 0 Å². The average Bonchev–Trinajstić information content (AvgIpc) is 3.12.